The van der Waals surface area contributed by atoms with Gasteiger partial charge in [-0.05, 0) is 29.8 Å². The van der Waals surface area contributed by atoms with Crippen LogP contribution >= 0.6 is 20.8 Å². The van der Waals surface area contributed by atoms with E-state index in [-0.39, 0.29) is 5.97 Å². The molecule has 0 unspecified atom stereocenters. The van der Waals surface area contributed by atoms with E-state index < -0.39 is 5.31 Å². The Labute approximate surface area is 306 Å². The molecule has 0 radical (unpaired) electrons. The Balaban J connectivity index is 0.905. The number of fused-ring (bicyclic) bond motifs is 1. The predicted octanol–water partition coefficient (Wildman–Crippen LogP) is 10.4. The number of carbonyl (C=O) groups is 1. The van der Waals surface area contributed by atoms with Crippen molar-refractivity contribution in [3.63, 3.8) is 0 Å². The number of para-hydroxylation sites is 1. The van der Waals surface area contributed by atoms with Crippen molar-refractivity contribution in [2.45, 2.75) is 70.9 Å². The second kappa shape index (κ2) is 17.3. The van der Waals surface area contributed by atoms with Crippen LogP contribution in [0.2, 0.25) is 0 Å². The van der Waals surface area contributed by atoms with Gasteiger partial charge in [-0.25, -0.2) is 0 Å². The number of benzene rings is 5. The third-order valence-electron chi connectivity index (χ3n) is 9.98. The van der Waals surface area contributed by atoms with Crippen LogP contribution in [0.15, 0.2) is 140 Å². The standard InChI is InChI=1S/C44H49BrNO3P/c45-50(40-23-13-8-14-24-40,41-25-15-9-16-26-41,42-27-17-10-18-28-42)32-20-6-4-2-1-3-5-19-29-44(47)48-35-37-30-31-43-38(33-37)34-46(36-49-43)39-21-11-7-12-22-39/h7-18,21-28,30-31,33H,1-6,19-20,29,32,34-36H2. The van der Waals surface area contributed by atoms with Gasteiger partial charge in [0.2, 0.25) is 0 Å². The van der Waals surface area contributed by atoms with Crippen molar-refractivity contribution in [3.05, 3.63) is 151 Å². The van der Waals surface area contributed by atoms with Crippen LogP contribution in [0.1, 0.15) is 68.9 Å². The number of carbonyl (C=O) groups excluding carboxylic acids is 1. The molecule has 5 aromatic carbocycles. The summed E-state index contributed by atoms with van der Waals surface area (Å²) in [5.74, 6) is 0.789. The molecule has 0 atom stereocenters. The summed E-state index contributed by atoms with van der Waals surface area (Å²) in [5.41, 5.74) is 3.25. The Kier molecular flexibility index (Phi) is 12.4. The number of nitrogens with zero attached hydrogens (tertiary/aromatic N) is 1. The molecule has 0 amide bonds. The summed E-state index contributed by atoms with van der Waals surface area (Å²) in [6.07, 6.45) is 10.7. The fourth-order valence-electron chi connectivity index (χ4n) is 7.22. The van der Waals surface area contributed by atoms with Gasteiger partial charge in [0.05, 0.1) is 0 Å². The second-order valence-electron chi connectivity index (χ2n) is 13.4. The van der Waals surface area contributed by atoms with Gasteiger partial charge in [0.25, 0.3) is 0 Å². The molecule has 0 saturated carbocycles. The normalized spacial score (nSPS) is 13.5. The van der Waals surface area contributed by atoms with Gasteiger partial charge in [-0.3, -0.25) is 0 Å². The molecular weight excluding hydrogens is 701 g/mol. The smallest absolute Gasteiger partial charge is 0.473 e. The van der Waals surface area contributed by atoms with Gasteiger partial charge < -0.3 is 9.64 Å². The van der Waals surface area contributed by atoms with E-state index >= 15 is 0 Å². The van der Waals surface area contributed by atoms with Crippen molar-refractivity contribution in [2.75, 3.05) is 17.8 Å². The van der Waals surface area contributed by atoms with Crippen LogP contribution < -0.4 is 25.6 Å². The van der Waals surface area contributed by atoms with Crippen molar-refractivity contribution < 1.29 is 14.3 Å². The van der Waals surface area contributed by atoms with Crippen LogP contribution in [0.4, 0.5) is 5.69 Å². The number of halogens is 1. The zero-order chi connectivity index (χ0) is 34.5. The first-order valence-corrected chi connectivity index (χ1v) is 22.6. The summed E-state index contributed by atoms with van der Waals surface area (Å²) in [6.45, 7) is 1.60. The number of anilines is 1. The van der Waals surface area contributed by atoms with E-state index in [4.69, 9.17) is 9.47 Å². The Morgan fingerprint density at radius 2 is 1.14 bits per heavy atom. The van der Waals surface area contributed by atoms with E-state index in [1.807, 2.05) is 30.3 Å². The van der Waals surface area contributed by atoms with Gasteiger partial charge in [0, 0.05) is 17.8 Å². The molecule has 50 heavy (non-hydrogen) atoms. The number of unbranched alkanes of at least 4 members (excludes halogenated alkanes) is 7. The first-order valence-electron chi connectivity index (χ1n) is 18.1. The first kappa shape index (κ1) is 35.9. The topological polar surface area (TPSA) is 38.8 Å². The van der Waals surface area contributed by atoms with Gasteiger partial charge >= 0.3 is 207 Å². The number of ether oxygens (including phenoxy) is 2. The summed E-state index contributed by atoms with van der Waals surface area (Å²) in [7, 11) is 0. The third kappa shape index (κ3) is 8.50. The van der Waals surface area contributed by atoms with Gasteiger partial charge in [-0.15, -0.1) is 0 Å². The van der Waals surface area contributed by atoms with E-state index in [9.17, 15) is 4.79 Å². The molecule has 1 heterocycles. The molecule has 1 aliphatic rings. The van der Waals surface area contributed by atoms with Crippen molar-refractivity contribution >= 4 is 48.4 Å². The van der Waals surface area contributed by atoms with E-state index in [1.165, 1.54) is 41.6 Å². The van der Waals surface area contributed by atoms with Gasteiger partial charge in [-0.1, -0.05) is 24.3 Å². The minimum Gasteiger partial charge on any atom is -0.473 e. The van der Waals surface area contributed by atoms with Crippen LogP contribution in [-0.2, 0) is 22.7 Å². The molecule has 5 aromatic rings. The van der Waals surface area contributed by atoms with E-state index in [2.05, 4.69) is 130 Å². The molecule has 0 N–H and O–H groups in total. The molecular formula is C44H49BrNO3P. The molecule has 0 saturated heterocycles. The summed E-state index contributed by atoms with van der Waals surface area (Å²) in [4.78, 5) is 14.7. The molecule has 0 aromatic heterocycles. The van der Waals surface area contributed by atoms with Crippen molar-refractivity contribution in [3.8, 4) is 5.75 Å². The van der Waals surface area contributed by atoms with E-state index in [0.29, 0.717) is 19.8 Å². The molecule has 6 rings (SSSR count). The molecule has 6 heteroatoms. The summed E-state index contributed by atoms with van der Waals surface area (Å²) in [5, 5.41) is 1.35. The molecule has 0 fully saturated rings. The Hall–Kier alpha value is -3.92. The molecule has 4 nitrogen and oxygen atoms in total. The van der Waals surface area contributed by atoms with Crippen LogP contribution in [0.25, 0.3) is 0 Å². The average molecular weight is 751 g/mol. The SMILES string of the molecule is O=C(CCCCCCCCCCP(Br)(c1ccccc1)(c1ccccc1)c1ccccc1)OCc1ccc2c(c1)CN(c1ccccc1)CO2. The van der Waals surface area contributed by atoms with Gasteiger partial charge in [0.1, 0.15) is 12.4 Å². The van der Waals surface area contributed by atoms with E-state index in [0.717, 1.165) is 61.0 Å². The molecule has 0 bridgehead atoms. The Bertz CT molecular complexity index is 1690. The summed E-state index contributed by atoms with van der Waals surface area (Å²) >= 11 is 4.58. The molecule has 0 aliphatic carbocycles. The average Bonchev–Trinajstić information content (AvgIpc) is 3.19. The first-order chi connectivity index (χ1) is 24.5. The number of rotatable bonds is 17. The van der Waals surface area contributed by atoms with Gasteiger partial charge in [0.15, 0.2) is 6.73 Å². The quantitative estimate of drug-likeness (QED) is 0.0539. The Morgan fingerprint density at radius 3 is 1.70 bits per heavy atom. The van der Waals surface area contributed by atoms with Crippen LogP contribution in [0, 0.1) is 0 Å². The maximum atomic E-state index is 12.5. The van der Waals surface area contributed by atoms with Crippen LogP contribution in [0.3, 0.4) is 0 Å². The molecule has 0 spiro atoms. The summed E-state index contributed by atoms with van der Waals surface area (Å²) in [6, 6.07) is 49.6. The Morgan fingerprint density at radius 1 is 0.640 bits per heavy atom. The number of hydrogen-bond acceptors (Lipinski definition) is 4. The fourth-order valence-corrected chi connectivity index (χ4v) is 15.0. The minimum atomic E-state index is -2.83. The van der Waals surface area contributed by atoms with Gasteiger partial charge in [-0.2, -0.15) is 0 Å². The molecule has 260 valence electrons. The second-order valence-corrected chi connectivity index (χ2v) is 22.5. The minimum absolute atomic E-state index is 0.115. The van der Waals surface area contributed by atoms with Crippen molar-refractivity contribution in [1.82, 2.24) is 0 Å². The van der Waals surface area contributed by atoms with Crippen molar-refractivity contribution in [2.24, 2.45) is 0 Å². The number of esters is 1. The number of hydrogen-bond donors (Lipinski definition) is 0. The third-order valence-corrected chi connectivity index (χ3v) is 20.0. The summed E-state index contributed by atoms with van der Waals surface area (Å²) < 4.78 is 11.6. The van der Waals surface area contributed by atoms with E-state index in [1.54, 1.807) is 0 Å². The predicted molar refractivity (Wildman–Crippen MR) is 215 cm³/mol. The zero-order valence-electron chi connectivity index (χ0n) is 29.0. The monoisotopic (exact) mass is 749 g/mol. The van der Waals surface area contributed by atoms with Crippen LogP contribution in [-0.4, -0.2) is 18.9 Å². The zero-order valence-corrected chi connectivity index (χ0v) is 31.4. The van der Waals surface area contributed by atoms with Crippen molar-refractivity contribution in [1.29, 1.82) is 0 Å². The molecule has 1 aliphatic heterocycles. The fraction of sp³-hybridized carbons (Fsp3) is 0.295. The maximum absolute atomic E-state index is 12.5. The van der Waals surface area contributed by atoms with Crippen LogP contribution in [0.5, 0.6) is 5.75 Å².